The number of hydrogen-bond donors (Lipinski definition) is 1. The topological polar surface area (TPSA) is 90.7 Å². The molecule has 0 aliphatic heterocycles. The third-order valence-corrected chi connectivity index (χ3v) is 4.21. The van der Waals surface area contributed by atoms with Crippen molar-refractivity contribution in [3.05, 3.63) is 30.0 Å². The number of benzene rings is 1. The summed E-state index contributed by atoms with van der Waals surface area (Å²) in [6, 6.07) is 7.13. The van der Waals surface area contributed by atoms with Gasteiger partial charge in [0, 0.05) is 18.6 Å². The Morgan fingerprint density at radius 2 is 1.91 bits per heavy atom. The summed E-state index contributed by atoms with van der Waals surface area (Å²) >= 11 is 0. The Morgan fingerprint density at radius 1 is 1.23 bits per heavy atom. The van der Waals surface area contributed by atoms with E-state index in [4.69, 9.17) is 14.0 Å². The second kappa shape index (κ2) is 7.68. The molecule has 1 aromatic carbocycles. The smallest absolute Gasteiger partial charge is 0.217 e. The zero-order valence-corrected chi connectivity index (χ0v) is 13.4. The van der Waals surface area contributed by atoms with Crippen LogP contribution in [0.4, 0.5) is 0 Å². The zero-order valence-electron chi connectivity index (χ0n) is 12.6. The molecule has 8 heteroatoms. The fourth-order valence-electron chi connectivity index (χ4n) is 2.01. The van der Waals surface area contributed by atoms with Gasteiger partial charge < -0.3 is 14.0 Å². The molecule has 0 aliphatic rings. The zero-order chi connectivity index (χ0) is 16.0. The molecule has 0 spiro atoms. The quantitative estimate of drug-likeness (QED) is 0.704. The van der Waals surface area contributed by atoms with Gasteiger partial charge in [-0.2, -0.15) is 0 Å². The number of rotatable bonds is 9. The molecule has 0 unspecified atom stereocenters. The minimum atomic E-state index is -3.56. The molecule has 1 aromatic heterocycles. The number of nitrogens with one attached hydrogen (secondary N) is 1. The van der Waals surface area contributed by atoms with Crippen LogP contribution in [0.3, 0.4) is 0 Å². The van der Waals surface area contributed by atoms with Crippen molar-refractivity contribution < 1.29 is 22.4 Å². The molecule has 0 fully saturated rings. The highest BCUT2D eigenvalue weighted by Crippen LogP contribution is 2.19. The molecule has 2 rings (SSSR count). The van der Waals surface area contributed by atoms with Gasteiger partial charge in [0.25, 0.3) is 0 Å². The molecule has 0 saturated carbocycles. The number of nitrogens with zero attached hydrogens (tertiary/aromatic N) is 1. The molecule has 0 saturated heterocycles. The minimum absolute atomic E-state index is 0.0554. The van der Waals surface area contributed by atoms with Crippen LogP contribution in [0.2, 0.25) is 0 Å². The van der Waals surface area contributed by atoms with Crippen LogP contribution in [0, 0.1) is 0 Å². The predicted molar refractivity (Wildman–Crippen MR) is 81.7 cm³/mol. The summed E-state index contributed by atoms with van der Waals surface area (Å²) in [4.78, 5) is 0. The van der Waals surface area contributed by atoms with Gasteiger partial charge in [-0.3, -0.25) is 0 Å². The Hall–Kier alpha value is -1.48. The van der Waals surface area contributed by atoms with Crippen molar-refractivity contribution in [1.29, 1.82) is 0 Å². The van der Waals surface area contributed by atoms with Crippen molar-refractivity contribution in [2.24, 2.45) is 0 Å². The lowest BCUT2D eigenvalue weighted by Crippen LogP contribution is -2.36. The van der Waals surface area contributed by atoms with Gasteiger partial charge in [0.05, 0.1) is 6.54 Å². The number of hydrogen-bond acceptors (Lipinski definition) is 6. The van der Waals surface area contributed by atoms with Gasteiger partial charge in [-0.25, -0.2) is 13.1 Å². The van der Waals surface area contributed by atoms with E-state index in [-0.39, 0.29) is 12.3 Å². The molecule has 0 radical (unpaired) electrons. The maximum atomic E-state index is 12.2. The lowest BCUT2D eigenvalue weighted by atomic mass is 10.2. The van der Waals surface area contributed by atoms with Crippen LogP contribution in [0.1, 0.15) is 19.5 Å². The number of para-hydroxylation sites is 1. The fraction of sp³-hybridized carbons (Fsp3) is 0.500. The molecule has 0 amide bonds. The number of ether oxygens (including phenoxy) is 2. The third-order valence-electron chi connectivity index (χ3n) is 2.95. The van der Waals surface area contributed by atoms with Gasteiger partial charge in [0.15, 0.2) is 11.9 Å². The third kappa shape index (κ3) is 4.51. The Morgan fingerprint density at radius 3 is 2.59 bits per heavy atom. The first-order valence-electron chi connectivity index (χ1n) is 7.09. The van der Waals surface area contributed by atoms with E-state index in [1.54, 1.807) is 18.2 Å². The summed E-state index contributed by atoms with van der Waals surface area (Å²) in [6.45, 7) is 4.59. The second-order valence-corrected chi connectivity index (χ2v) is 6.38. The fourth-order valence-corrected chi connectivity index (χ4v) is 3.07. The van der Waals surface area contributed by atoms with E-state index in [0.29, 0.717) is 29.9 Å². The highest BCUT2D eigenvalue weighted by atomic mass is 32.2. The van der Waals surface area contributed by atoms with Crippen molar-refractivity contribution in [2.45, 2.75) is 25.9 Å². The molecule has 0 atom stereocenters. The predicted octanol–water partition coefficient (Wildman–Crippen LogP) is 1.65. The van der Waals surface area contributed by atoms with E-state index in [1.165, 1.54) is 0 Å². The average Bonchev–Trinajstić information content (AvgIpc) is 2.88. The van der Waals surface area contributed by atoms with Crippen LogP contribution in [-0.2, 0) is 25.2 Å². The first-order chi connectivity index (χ1) is 10.6. The number of fused-ring (bicyclic) bond motifs is 1. The van der Waals surface area contributed by atoms with Crippen LogP contribution in [0.5, 0.6) is 0 Å². The van der Waals surface area contributed by atoms with E-state index in [2.05, 4.69) is 9.88 Å². The molecule has 122 valence electrons. The van der Waals surface area contributed by atoms with Gasteiger partial charge in [-0.1, -0.05) is 17.3 Å². The van der Waals surface area contributed by atoms with Crippen LogP contribution >= 0.6 is 0 Å². The van der Waals surface area contributed by atoms with Gasteiger partial charge in [-0.15, -0.1) is 0 Å². The average molecular weight is 328 g/mol. The van der Waals surface area contributed by atoms with Gasteiger partial charge in [0.1, 0.15) is 11.4 Å². The van der Waals surface area contributed by atoms with Crippen molar-refractivity contribution >= 4 is 21.0 Å². The number of sulfonamides is 1. The van der Waals surface area contributed by atoms with E-state index in [9.17, 15) is 8.42 Å². The largest absolute Gasteiger partial charge is 0.356 e. The highest BCUT2D eigenvalue weighted by molar-refractivity contribution is 7.88. The van der Waals surface area contributed by atoms with Crippen LogP contribution in [-0.4, -0.2) is 39.6 Å². The highest BCUT2D eigenvalue weighted by Gasteiger charge is 2.19. The van der Waals surface area contributed by atoms with Crippen LogP contribution in [0.25, 0.3) is 11.0 Å². The molecule has 7 nitrogen and oxygen atoms in total. The van der Waals surface area contributed by atoms with Gasteiger partial charge in [-0.05, 0) is 26.0 Å². The minimum Gasteiger partial charge on any atom is -0.356 e. The summed E-state index contributed by atoms with van der Waals surface area (Å²) in [5.74, 6) is -0.255. The van der Waals surface area contributed by atoms with E-state index < -0.39 is 16.3 Å². The second-order valence-electron chi connectivity index (χ2n) is 4.57. The van der Waals surface area contributed by atoms with E-state index >= 15 is 0 Å². The van der Waals surface area contributed by atoms with Crippen LogP contribution < -0.4 is 4.72 Å². The Labute approximate surface area is 129 Å². The Balaban J connectivity index is 2.01. The monoisotopic (exact) mass is 328 g/mol. The first-order valence-corrected chi connectivity index (χ1v) is 8.74. The maximum Gasteiger partial charge on any atom is 0.217 e. The Bertz CT molecular complexity index is 692. The van der Waals surface area contributed by atoms with Gasteiger partial charge >= 0.3 is 0 Å². The summed E-state index contributed by atoms with van der Waals surface area (Å²) < 4.78 is 42.5. The van der Waals surface area contributed by atoms with Crippen molar-refractivity contribution in [1.82, 2.24) is 9.88 Å². The molecular weight excluding hydrogens is 308 g/mol. The maximum absolute atomic E-state index is 12.2. The molecule has 0 bridgehead atoms. The standard InChI is InChI=1S/C14H20N2O5S/c1-3-19-14(20-4-2)9-15-22(17,18)10-12-11-7-5-6-8-13(11)21-16-12/h5-8,14-15H,3-4,9-10H2,1-2H3. The number of aromatic nitrogens is 1. The van der Waals surface area contributed by atoms with Crippen molar-refractivity contribution in [3.63, 3.8) is 0 Å². The lowest BCUT2D eigenvalue weighted by Gasteiger charge is -2.17. The summed E-state index contributed by atoms with van der Waals surface area (Å²) in [5.41, 5.74) is 0.946. The Kier molecular flexibility index (Phi) is 5.90. The van der Waals surface area contributed by atoms with E-state index in [1.807, 2.05) is 19.9 Å². The SMILES string of the molecule is CCOC(CNS(=O)(=O)Cc1noc2ccccc12)OCC. The molecular formula is C14H20N2O5S. The van der Waals surface area contributed by atoms with Gasteiger partial charge in [0.2, 0.25) is 10.0 Å². The van der Waals surface area contributed by atoms with Crippen molar-refractivity contribution in [2.75, 3.05) is 19.8 Å². The summed E-state index contributed by atoms with van der Waals surface area (Å²) in [6.07, 6.45) is -0.598. The molecule has 1 N–H and O–H groups in total. The normalized spacial score (nSPS) is 12.3. The lowest BCUT2D eigenvalue weighted by molar-refractivity contribution is -0.130. The summed E-state index contributed by atoms with van der Waals surface area (Å²) in [7, 11) is -3.56. The summed E-state index contributed by atoms with van der Waals surface area (Å²) in [5, 5.41) is 4.52. The molecule has 0 aliphatic carbocycles. The molecule has 2 aromatic rings. The van der Waals surface area contributed by atoms with Crippen molar-refractivity contribution in [3.8, 4) is 0 Å². The van der Waals surface area contributed by atoms with Crippen LogP contribution in [0.15, 0.2) is 28.8 Å². The molecule has 1 heterocycles. The first kappa shape index (κ1) is 16.9. The van der Waals surface area contributed by atoms with E-state index in [0.717, 1.165) is 0 Å². The molecule has 22 heavy (non-hydrogen) atoms.